The van der Waals surface area contributed by atoms with Crippen molar-refractivity contribution in [3.8, 4) is 0 Å². The molecule has 0 unspecified atom stereocenters. The van der Waals surface area contributed by atoms with Crippen LogP contribution in [-0.2, 0) is 4.74 Å². The smallest absolute Gasteiger partial charge is 0.407 e. The highest BCUT2D eigenvalue weighted by molar-refractivity contribution is 5.68. The zero-order valence-corrected chi connectivity index (χ0v) is 6.95. The highest BCUT2D eigenvalue weighted by Crippen LogP contribution is 2.30. The van der Waals surface area contributed by atoms with E-state index in [1.165, 1.54) is 6.08 Å². The molecule has 1 rings (SSSR count). The molecule has 3 heteroatoms. The number of rotatable bonds is 4. The second-order valence-electron chi connectivity index (χ2n) is 2.77. The van der Waals surface area contributed by atoms with Gasteiger partial charge in [0.25, 0.3) is 0 Å². The van der Waals surface area contributed by atoms with Gasteiger partial charge in [0, 0.05) is 6.04 Å². The van der Waals surface area contributed by atoms with Gasteiger partial charge >= 0.3 is 6.09 Å². The molecule has 1 aliphatic carbocycles. The Morgan fingerprint density at radius 3 is 2.92 bits per heavy atom. The maximum absolute atomic E-state index is 10.9. The zero-order valence-electron chi connectivity index (χ0n) is 6.95. The molecular weight excluding hydrogens is 154 g/mol. The summed E-state index contributed by atoms with van der Waals surface area (Å²) in [5.41, 5.74) is 0. The lowest BCUT2D eigenvalue weighted by Gasteiger charge is -2.02. The van der Waals surface area contributed by atoms with Gasteiger partial charge in [-0.1, -0.05) is 18.7 Å². The van der Waals surface area contributed by atoms with Crippen LogP contribution in [0, 0.1) is 5.92 Å². The van der Waals surface area contributed by atoms with E-state index in [1.54, 1.807) is 0 Å². The molecule has 0 aromatic rings. The molecule has 0 bridgehead atoms. The molecule has 0 saturated heterocycles. The van der Waals surface area contributed by atoms with Crippen molar-refractivity contribution in [2.75, 3.05) is 6.61 Å². The lowest BCUT2D eigenvalue weighted by Crippen LogP contribution is -2.27. The summed E-state index contributed by atoms with van der Waals surface area (Å²) >= 11 is 0. The predicted molar refractivity (Wildman–Crippen MR) is 46.8 cm³/mol. The molecule has 0 aromatic carbocycles. The summed E-state index contributed by atoms with van der Waals surface area (Å²) in [6, 6.07) is 0.236. The van der Waals surface area contributed by atoms with Gasteiger partial charge in [0.15, 0.2) is 0 Å². The van der Waals surface area contributed by atoms with Gasteiger partial charge in [0.1, 0.15) is 6.61 Å². The quantitative estimate of drug-likeness (QED) is 0.644. The van der Waals surface area contributed by atoms with Crippen molar-refractivity contribution in [3.63, 3.8) is 0 Å². The van der Waals surface area contributed by atoms with E-state index in [9.17, 15) is 4.79 Å². The Morgan fingerprint density at radius 2 is 2.42 bits per heavy atom. The molecule has 66 valence electrons. The van der Waals surface area contributed by atoms with Gasteiger partial charge in [0.2, 0.25) is 0 Å². The number of hydrogen-bond donors (Lipinski definition) is 1. The van der Waals surface area contributed by atoms with E-state index in [0.29, 0.717) is 5.92 Å². The third-order valence-corrected chi connectivity index (χ3v) is 1.78. The summed E-state index contributed by atoms with van der Waals surface area (Å²) in [5.74, 6) is 0.432. The van der Waals surface area contributed by atoms with Crippen LogP contribution in [0.4, 0.5) is 4.79 Å². The number of carbonyl (C=O) groups excluding carboxylic acids is 1. The lowest BCUT2D eigenvalue weighted by molar-refractivity contribution is 0.157. The maximum Gasteiger partial charge on any atom is 0.407 e. The average molecular weight is 167 g/mol. The highest BCUT2D eigenvalue weighted by Gasteiger charge is 2.35. The molecule has 1 fully saturated rings. The first-order chi connectivity index (χ1) is 5.77. The molecule has 0 heterocycles. The predicted octanol–water partition coefficient (Wildman–Crippen LogP) is 1.47. The minimum absolute atomic E-state index is 0.236. The van der Waals surface area contributed by atoms with Crippen molar-refractivity contribution in [2.24, 2.45) is 5.92 Å². The molecule has 1 N–H and O–H groups in total. The monoisotopic (exact) mass is 167 g/mol. The summed E-state index contributed by atoms with van der Waals surface area (Å²) in [6.07, 6.45) is 3.99. The molecule has 3 nitrogen and oxygen atoms in total. The standard InChI is InChI=1S/C9H13NO2/c1-3-5-12-9(11)10-8-6-7(8)4-2/h3-4,7-8H,1-2,5-6H2,(H,10,11)/t7-,8-/m1/s1. The van der Waals surface area contributed by atoms with Gasteiger partial charge in [-0.15, -0.1) is 6.58 Å². The minimum Gasteiger partial charge on any atom is -0.445 e. The Kier molecular flexibility index (Phi) is 2.91. The number of ether oxygens (including phenoxy) is 1. The third kappa shape index (κ3) is 2.42. The minimum atomic E-state index is -0.371. The Morgan fingerprint density at radius 1 is 1.67 bits per heavy atom. The molecule has 0 spiro atoms. The van der Waals surface area contributed by atoms with Crippen LogP contribution >= 0.6 is 0 Å². The largest absolute Gasteiger partial charge is 0.445 e. The van der Waals surface area contributed by atoms with E-state index in [0.717, 1.165) is 6.42 Å². The Balaban J connectivity index is 2.11. The molecule has 12 heavy (non-hydrogen) atoms. The molecule has 0 radical (unpaired) electrons. The van der Waals surface area contributed by atoms with Gasteiger partial charge in [-0.25, -0.2) is 4.79 Å². The van der Waals surface area contributed by atoms with E-state index in [1.807, 2.05) is 6.08 Å². The third-order valence-electron chi connectivity index (χ3n) is 1.78. The molecule has 1 saturated carbocycles. The Labute approximate surface area is 72.1 Å². The summed E-state index contributed by atoms with van der Waals surface area (Å²) in [7, 11) is 0. The lowest BCUT2D eigenvalue weighted by atomic mass is 10.4. The zero-order chi connectivity index (χ0) is 8.97. The number of nitrogens with one attached hydrogen (secondary N) is 1. The van der Waals surface area contributed by atoms with Crippen molar-refractivity contribution in [3.05, 3.63) is 25.3 Å². The van der Waals surface area contributed by atoms with Crippen LogP contribution in [0.2, 0.25) is 0 Å². The fourth-order valence-corrected chi connectivity index (χ4v) is 0.969. The molecule has 0 aliphatic heterocycles. The molecule has 0 aromatic heterocycles. The van der Waals surface area contributed by atoms with Crippen molar-refractivity contribution in [2.45, 2.75) is 12.5 Å². The number of hydrogen-bond acceptors (Lipinski definition) is 2. The van der Waals surface area contributed by atoms with E-state index >= 15 is 0 Å². The van der Waals surface area contributed by atoms with E-state index < -0.39 is 0 Å². The van der Waals surface area contributed by atoms with E-state index in [-0.39, 0.29) is 18.7 Å². The summed E-state index contributed by atoms with van der Waals surface area (Å²) in [4.78, 5) is 10.9. The van der Waals surface area contributed by atoms with Crippen LogP contribution in [0.25, 0.3) is 0 Å². The van der Waals surface area contributed by atoms with Gasteiger partial charge in [-0.05, 0) is 12.3 Å². The van der Waals surface area contributed by atoms with Gasteiger partial charge in [-0.3, -0.25) is 0 Å². The van der Waals surface area contributed by atoms with Gasteiger partial charge in [-0.2, -0.15) is 0 Å². The van der Waals surface area contributed by atoms with Crippen LogP contribution in [0.3, 0.4) is 0 Å². The molecular formula is C9H13NO2. The normalized spacial score (nSPS) is 25.7. The second-order valence-corrected chi connectivity index (χ2v) is 2.77. The Bertz CT molecular complexity index is 201. The van der Waals surface area contributed by atoms with Crippen LogP contribution < -0.4 is 5.32 Å². The fraction of sp³-hybridized carbons (Fsp3) is 0.444. The van der Waals surface area contributed by atoms with Crippen LogP contribution in [-0.4, -0.2) is 18.7 Å². The van der Waals surface area contributed by atoms with E-state index in [2.05, 4.69) is 18.5 Å². The number of carbonyl (C=O) groups is 1. The topological polar surface area (TPSA) is 38.3 Å². The second kappa shape index (κ2) is 3.95. The molecule has 1 amide bonds. The average Bonchev–Trinajstić information content (AvgIpc) is 2.80. The van der Waals surface area contributed by atoms with Crippen molar-refractivity contribution < 1.29 is 9.53 Å². The van der Waals surface area contributed by atoms with Crippen LogP contribution in [0.15, 0.2) is 25.3 Å². The maximum atomic E-state index is 10.9. The van der Waals surface area contributed by atoms with Crippen molar-refractivity contribution >= 4 is 6.09 Å². The SMILES string of the molecule is C=CCOC(=O)N[C@@H]1C[C@H]1C=C. The first-order valence-corrected chi connectivity index (χ1v) is 3.94. The number of amides is 1. The summed E-state index contributed by atoms with van der Waals surface area (Å²) in [6.45, 7) is 7.33. The molecule has 1 aliphatic rings. The van der Waals surface area contributed by atoms with E-state index in [4.69, 9.17) is 4.74 Å². The summed E-state index contributed by atoms with van der Waals surface area (Å²) in [5, 5.41) is 2.71. The molecule has 2 atom stereocenters. The first-order valence-electron chi connectivity index (χ1n) is 3.94. The Hall–Kier alpha value is -1.25. The van der Waals surface area contributed by atoms with Gasteiger partial charge < -0.3 is 10.1 Å². The van der Waals surface area contributed by atoms with Crippen molar-refractivity contribution in [1.29, 1.82) is 0 Å². The first kappa shape index (κ1) is 8.84. The van der Waals surface area contributed by atoms with Crippen LogP contribution in [0.5, 0.6) is 0 Å². The fourth-order valence-electron chi connectivity index (χ4n) is 0.969. The number of alkyl carbamates (subject to hydrolysis) is 1. The highest BCUT2D eigenvalue weighted by atomic mass is 16.5. The van der Waals surface area contributed by atoms with Crippen molar-refractivity contribution in [1.82, 2.24) is 5.32 Å². The van der Waals surface area contributed by atoms with Gasteiger partial charge in [0.05, 0.1) is 0 Å². The van der Waals surface area contributed by atoms with Crippen LogP contribution in [0.1, 0.15) is 6.42 Å². The summed E-state index contributed by atoms with van der Waals surface area (Å²) < 4.78 is 4.73.